The third-order valence-electron chi connectivity index (χ3n) is 4.36. The lowest BCUT2D eigenvalue weighted by atomic mass is 10.1. The molecule has 1 aromatic carbocycles. The minimum atomic E-state index is 0.359. The average Bonchev–Trinajstić information content (AvgIpc) is 3.35. The smallest absolute Gasteiger partial charge is 0.200 e. The van der Waals surface area contributed by atoms with Gasteiger partial charge in [-0.15, -0.1) is 0 Å². The molecule has 0 bridgehead atoms. The first-order valence-electron chi connectivity index (χ1n) is 7.88. The Morgan fingerprint density at radius 2 is 1.83 bits per heavy atom. The van der Waals surface area contributed by atoms with E-state index in [1.165, 1.54) is 0 Å². The summed E-state index contributed by atoms with van der Waals surface area (Å²) in [7, 11) is 0. The van der Waals surface area contributed by atoms with Crippen molar-refractivity contribution in [2.24, 2.45) is 0 Å². The first kappa shape index (κ1) is 13.2. The van der Waals surface area contributed by atoms with Crippen LogP contribution in [0.4, 0.5) is 11.6 Å². The van der Waals surface area contributed by atoms with Crippen molar-refractivity contribution in [1.82, 2.24) is 24.9 Å². The Labute approximate surface area is 137 Å². The predicted molar refractivity (Wildman–Crippen MR) is 93.2 cm³/mol. The van der Waals surface area contributed by atoms with E-state index in [-0.39, 0.29) is 0 Å². The van der Waals surface area contributed by atoms with Crippen molar-refractivity contribution < 1.29 is 0 Å². The standard InChI is InChI=1S/C17H15N7/c18-10-2-1-3-11-9(10)6-7-12(20-11)15-21-13(8-4-5-8)14-16(23-15)24-17(19)22-14/h1-3,6-8H,4-5,18H2,(H3,19,21,22,23,24). The summed E-state index contributed by atoms with van der Waals surface area (Å²) in [5.41, 5.74) is 16.4. The summed E-state index contributed by atoms with van der Waals surface area (Å²) in [5, 5.41) is 0.925. The van der Waals surface area contributed by atoms with E-state index >= 15 is 0 Å². The third-order valence-corrected chi connectivity index (χ3v) is 4.36. The summed E-state index contributed by atoms with van der Waals surface area (Å²) in [6.07, 6.45) is 2.26. The molecule has 0 radical (unpaired) electrons. The van der Waals surface area contributed by atoms with Crippen LogP contribution in [-0.4, -0.2) is 24.9 Å². The molecule has 118 valence electrons. The average molecular weight is 317 g/mol. The Kier molecular flexibility index (Phi) is 2.56. The number of aromatic amines is 1. The fraction of sp³-hybridized carbons (Fsp3) is 0.176. The van der Waals surface area contributed by atoms with Crippen molar-refractivity contribution in [2.75, 3.05) is 11.5 Å². The van der Waals surface area contributed by atoms with Gasteiger partial charge in [0.2, 0.25) is 0 Å². The fourth-order valence-electron chi connectivity index (χ4n) is 3.01. The van der Waals surface area contributed by atoms with Crippen LogP contribution in [-0.2, 0) is 0 Å². The van der Waals surface area contributed by atoms with Gasteiger partial charge in [0.15, 0.2) is 17.4 Å². The lowest BCUT2D eigenvalue weighted by Gasteiger charge is -2.06. The number of nitrogen functional groups attached to an aromatic ring is 2. The lowest BCUT2D eigenvalue weighted by molar-refractivity contribution is 1.01. The number of anilines is 2. The second-order valence-electron chi connectivity index (χ2n) is 6.14. The van der Waals surface area contributed by atoms with Crippen molar-refractivity contribution in [1.29, 1.82) is 0 Å². The number of benzene rings is 1. The number of nitrogens with zero attached hydrogens (tertiary/aromatic N) is 4. The van der Waals surface area contributed by atoms with Crippen molar-refractivity contribution in [2.45, 2.75) is 18.8 Å². The summed E-state index contributed by atoms with van der Waals surface area (Å²) in [5.74, 6) is 1.38. The Hall–Kier alpha value is -3.22. The maximum absolute atomic E-state index is 5.99. The molecule has 1 aliphatic carbocycles. The number of hydrogen-bond donors (Lipinski definition) is 3. The molecular weight excluding hydrogens is 302 g/mol. The summed E-state index contributed by atoms with van der Waals surface area (Å²) < 4.78 is 0. The first-order valence-corrected chi connectivity index (χ1v) is 7.88. The third kappa shape index (κ3) is 1.98. The zero-order chi connectivity index (χ0) is 16.3. The maximum Gasteiger partial charge on any atom is 0.200 e. The van der Waals surface area contributed by atoms with Crippen molar-refractivity contribution in [3.63, 3.8) is 0 Å². The summed E-state index contributed by atoms with van der Waals surface area (Å²) in [6.45, 7) is 0. The highest BCUT2D eigenvalue weighted by Gasteiger charge is 2.29. The molecule has 1 fully saturated rings. The number of aromatic nitrogens is 5. The summed E-state index contributed by atoms with van der Waals surface area (Å²) in [6, 6.07) is 9.54. The van der Waals surface area contributed by atoms with Crippen LogP contribution >= 0.6 is 0 Å². The second kappa shape index (κ2) is 4.64. The Morgan fingerprint density at radius 3 is 2.67 bits per heavy atom. The summed E-state index contributed by atoms with van der Waals surface area (Å²) >= 11 is 0. The maximum atomic E-state index is 5.99. The van der Waals surface area contributed by atoms with Gasteiger partial charge in [0.05, 0.1) is 11.2 Å². The van der Waals surface area contributed by atoms with Crippen molar-refractivity contribution in [3.05, 3.63) is 36.0 Å². The van der Waals surface area contributed by atoms with E-state index in [9.17, 15) is 0 Å². The van der Waals surface area contributed by atoms with Crippen LogP contribution in [0.25, 0.3) is 33.6 Å². The highest BCUT2D eigenvalue weighted by molar-refractivity contribution is 5.91. The molecule has 7 nitrogen and oxygen atoms in total. The van der Waals surface area contributed by atoms with Crippen LogP contribution in [0.2, 0.25) is 0 Å². The van der Waals surface area contributed by atoms with Gasteiger partial charge in [0.25, 0.3) is 0 Å². The topological polar surface area (TPSA) is 119 Å². The van der Waals surface area contributed by atoms with Gasteiger partial charge in [-0.1, -0.05) is 6.07 Å². The highest BCUT2D eigenvalue weighted by atomic mass is 15.1. The number of pyridine rings is 1. The van der Waals surface area contributed by atoms with Gasteiger partial charge in [-0.3, -0.25) is 0 Å². The Balaban J connectivity index is 1.73. The molecule has 1 aliphatic rings. The molecule has 24 heavy (non-hydrogen) atoms. The number of nitrogens with two attached hydrogens (primary N) is 2. The van der Waals surface area contributed by atoms with E-state index in [1.807, 2.05) is 30.3 Å². The van der Waals surface area contributed by atoms with Gasteiger partial charge in [0.1, 0.15) is 11.2 Å². The van der Waals surface area contributed by atoms with Gasteiger partial charge in [-0.25, -0.2) is 15.0 Å². The van der Waals surface area contributed by atoms with Gasteiger partial charge < -0.3 is 16.5 Å². The van der Waals surface area contributed by atoms with Crippen LogP contribution in [0, 0.1) is 0 Å². The van der Waals surface area contributed by atoms with E-state index in [4.69, 9.17) is 16.5 Å². The van der Waals surface area contributed by atoms with Gasteiger partial charge in [0, 0.05) is 17.0 Å². The Morgan fingerprint density at radius 1 is 0.958 bits per heavy atom. The number of rotatable bonds is 2. The minimum Gasteiger partial charge on any atom is -0.398 e. The number of hydrogen-bond acceptors (Lipinski definition) is 6. The second-order valence-corrected chi connectivity index (χ2v) is 6.14. The van der Waals surface area contributed by atoms with Crippen LogP contribution in [0.15, 0.2) is 30.3 Å². The van der Waals surface area contributed by atoms with E-state index in [0.29, 0.717) is 34.7 Å². The molecule has 7 heteroatoms. The molecule has 3 heterocycles. The summed E-state index contributed by atoms with van der Waals surface area (Å²) in [4.78, 5) is 21.3. The molecule has 0 amide bonds. The largest absolute Gasteiger partial charge is 0.398 e. The van der Waals surface area contributed by atoms with Crippen molar-refractivity contribution >= 4 is 33.7 Å². The van der Waals surface area contributed by atoms with Crippen LogP contribution in [0.1, 0.15) is 24.5 Å². The molecular formula is C17H15N7. The van der Waals surface area contributed by atoms with Crippen LogP contribution in [0.5, 0.6) is 0 Å². The molecule has 0 unspecified atom stereocenters. The number of fused-ring (bicyclic) bond motifs is 2. The molecule has 5 rings (SSSR count). The van der Waals surface area contributed by atoms with E-state index in [1.54, 1.807) is 0 Å². The SMILES string of the molecule is Nc1nc2nc(-c3ccc4c(N)cccc4n3)nc(C3CC3)c2[nH]1. The number of nitrogens with one attached hydrogen (secondary N) is 1. The zero-order valence-corrected chi connectivity index (χ0v) is 12.8. The zero-order valence-electron chi connectivity index (χ0n) is 12.8. The van der Waals surface area contributed by atoms with Crippen LogP contribution < -0.4 is 11.5 Å². The predicted octanol–water partition coefficient (Wildman–Crippen LogP) is 2.61. The van der Waals surface area contributed by atoms with Gasteiger partial charge in [-0.05, 0) is 37.1 Å². The fourth-order valence-corrected chi connectivity index (χ4v) is 3.01. The normalized spacial score (nSPS) is 14.5. The highest BCUT2D eigenvalue weighted by Crippen LogP contribution is 2.42. The lowest BCUT2D eigenvalue weighted by Crippen LogP contribution is -1.98. The molecule has 3 aromatic heterocycles. The molecule has 5 N–H and O–H groups in total. The molecule has 0 aliphatic heterocycles. The Bertz CT molecular complexity index is 1090. The quantitative estimate of drug-likeness (QED) is 0.489. The van der Waals surface area contributed by atoms with Gasteiger partial charge >= 0.3 is 0 Å². The minimum absolute atomic E-state index is 0.359. The molecule has 1 saturated carbocycles. The van der Waals surface area contributed by atoms with E-state index in [2.05, 4.69) is 19.9 Å². The number of H-pyrrole nitrogens is 1. The van der Waals surface area contributed by atoms with E-state index < -0.39 is 0 Å². The molecule has 0 spiro atoms. The van der Waals surface area contributed by atoms with Gasteiger partial charge in [-0.2, -0.15) is 4.98 Å². The monoisotopic (exact) mass is 317 g/mol. The van der Waals surface area contributed by atoms with Crippen molar-refractivity contribution in [3.8, 4) is 11.5 Å². The molecule has 0 saturated heterocycles. The first-order chi connectivity index (χ1) is 11.7. The van der Waals surface area contributed by atoms with Crippen LogP contribution in [0.3, 0.4) is 0 Å². The number of imidazole rings is 1. The molecule has 4 aromatic rings. The molecule has 0 atom stereocenters. The van der Waals surface area contributed by atoms with E-state index in [0.717, 1.165) is 35.0 Å².